The quantitative estimate of drug-likeness (QED) is 0.569. The maximum absolute atomic E-state index is 5.42. The molecule has 2 heterocycles. The molecular formula is C15H14N4OS2. The van der Waals surface area contributed by atoms with Gasteiger partial charge in [0.2, 0.25) is 4.77 Å². The highest BCUT2D eigenvalue weighted by Crippen LogP contribution is 2.22. The maximum Gasteiger partial charge on any atom is 0.216 e. The number of nitrogens with zero attached hydrogens (tertiary/aromatic N) is 3. The highest BCUT2D eigenvalue weighted by molar-refractivity contribution is 7.71. The maximum atomic E-state index is 5.42. The van der Waals surface area contributed by atoms with Crippen molar-refractivity contribution in [3.63, 3.8) is 0 Å². The summed E-state index contributed by atoms with van der Waals surface area (Å²) in [6, 6.07) is 11.7. The average molecular weight is 330 g/mol. The largest absolute Gasteiger partial charge is 0.494 e. The van der Waals surface area contributed by atoms with Gasteiger partial charge in [0.05, 0.1) is 17.7 Å². The Morgan fingerprint density at radius 2 is 2.18 bits per heavy atom. The number of benzene rings is 1. The molecule has 0 radical (unpaired) electrons. The van der Waals surface area contributed by atoms with E-state index in [0.717, 1.165) is 16.2 Å². The fourth-order valence-corrected chi connectivity index (χ4v) is 2.78. The number of nitrogens with one attached hydrogen (secondary N) is 1. The summed E-state index contributed by atoms with van der Waals surface area (Å²) in [5.41, 5.74) is 0.962. The van der Waals surface area contributed by atoms with Crippen molar-refractivity contribution in [1.82, 2.24) is 14.9 Å². The van der Waals surface area contributed by atoms with Gasteiger partial charge in [-0.3, -0.25) is 0 Å². The zero-order valence-corrected chi connectivity index (χ0v) is 13.5. The van der Waals surface area contributed by atoms with E-state index in [1.165, 1.54) is 0 Å². The van der Waals surface area contributed by atoms with Crippen molar-refractivity contribution in [1.29, 1.82) is 0 Å². The van der Waals surface area contributed by atoms with Crippen molar-refractivity contribution < 1.29 is 4.74 Å². The Morgan fingerprint density at radius 1 is 1.36 bits per heavy atom. The molecule has 5 nitrogen and oxygen atoms in total. The summed E-state index contributed by atoms with van der Waals surface area (Å²) in [6.45, 7) is 2.61. The van der Waals surface area contributed by atoms with E-state index in [0.29, 0.717) is 17.2 Å². The molecule has 0 bridgehead atoms. The fourth-order valence-electron chi connectivity index (χ4n) is 1.91. The second-order valence-electron chi connectivity index (χ2n) is 4.39. The second kappa shape index (κ2) is 6.67. The number of H-pyrrole nitrogens is 1. The van der Waals surface area contributed by atoms with Crippen molar-refractivity contribution in [2.75, 3.05) is 6.61 Å². The molecule has 2 aromatic heterocycles. The number of aromatic nitrogens is 3. The van der Waals surface area contributed by atoms with E-state index >= 15 is 0 Å². The minimum atomic E-state index is 0.464. The number of ether oxygens (including phenoxy) is 1. The highest BCUT2D eigenvalue weighted by atomic mass is 32.1. The van der Waals surface area contributed by atoms with Crippen molar-refractivity contribution in [3.05, 3.63) is 52.1 Å². The van der Waals surface area contributed by atoms with E-state index in [1.54, 1.807) is 22.2 Å². The molecule has 3 aromatic rings. The highest BCUT2D eigenvalue weighted by Gasteiger charge is 2.08. The van der Waals surface area contributed by atoms with Gasteiger partial charge in [-0.25, -0.2) is 5.10 Å². The van der Waals surface area contributed by atoms with Crippen molar-refractivity contribution >= 4 is 29.8 Å². The first kappa shape index (κ1) is 14.7. The number of thiophene rings is 1. The molecule has 0 unspecified atom stereocenters. The summed E-state index contributed by atoms with van der Waals surface area (Å²) in [5.74, 6) is 1.56. The Labute approximate surface area is 136 Å². The van der Waals surface area contributed by atoms with E-state index in [9.17, 15) is 0 Å². The third kappa shape index (κ3) is 3.15. The molecule has 0 aliphatic carbocycles. The van der Waals surface area contributed by atoms with Crippen molar-refractivity contribution in [2.45, 2.75) is 6.92 Å². The van der Waals surface area contributed by atoms with Gasteiger partial charge in [0.1, 0.15) is 5.75 Å². The zero-order chi connectivity index (χ0) is 15.4. The summed E-state index contributed by atoms with van der Waals surface area (Å²) < 4.78 is 7.50. The van der Waals surface area contributed by atoms with Gasteiger partial charge in [-0.1, -0.05) is 6.07 Å². The second-order valence-corrected chi connectivity index (χ2v) is 5.72. The van der Waals surface area contributed by atoms with Crippen LogP contribution in [0, 0.1) is 4.77 Å². The first-order chi connectivity index (χ1) is 10.8. The van der Waals surface area contributed by atoms with E-state index in [-0.39, 0.29) is 0 Å². The number of aromatic amines is 1. The van der Waals surface area contributed by atoms with Crippen LogP contribution in [0.3, 0.4) is 0 Å². The van der Waals surface area contributed by atoms with Gasteiger partial charge < -0.3 is 4.74 Å². The Morgan fingerprint density at radius 3 is 2.86 bits per heavy atom. The van der Waals surface area contributed by atoms with E-state index < -0.39 is 0 Å². The molecule has 7 heteroatoms. The Bertz CT molecular complexity index is 816. The minimum Gasteiger partial charge on any atom is -0.494 e. The zero-order valence-electron chi connectivity index (χ0n) is 11.9. The number of rotatable bonds is 5. The summed E-state index contributed by atoms with van der Waals surface area (Å²) in [5, 5.41) is 13.4. The number of hydrogen-bond acceptors (Lipinski definition) is 5. The predicted molar refractivity (Wildman–Crippen MR) is 91.3 cm³/mol. The average Bonchev–Trinajstić information content (AvgIpc) is 3.17. The molecule has 112 valence electrons. The van der Waals surface area contributed by atoms with Crippen LogP contribution < -0.4 is 4.74 Å². The molecule has 22 heavy (non-hydrogen) atoms. The molecular weight excluding hydrogens is 316 g/mol. The lowest BCUT2D eigenvalue weighted by Crippen LogP contribution is -1.94. The predicted octanol–water partition coefficient (Wildman–Crippen LogP) is 3.95. The first-order valence-corrected chi connectivity index (χ1v) is 8.05. The standard InChI is InChI=1S/C15H14N4OS2/c1-2-20-12-7-5-11(6-8-12)10-16-19-14(17-18-15(19)21)13-4-3-9-22-13/h3-10H,2H2,1H3,(H,18,21)/b16-10+. The van der Waals surface area contributed by atoms with Crippen LogP contribution >= 0.6 is 23.6 Å². The molecule has 0 saturated carbocycles. The Balaban J connectivity index is 1.87. The molecule has 1 aromatic carbocycles. The lowest BCUT2D eigenvalue weighted by Gasteiger charge is -2.02. The lowest BCUT2D eigenvalue weighted by molar-refractivity contribution is 0.340. The molecule has 0 aliphatic rings. The van der Waals surface area contributed by atoms with Gasteiger partial charge in [-0.2, -0.15) is 14.9 Å². The van der Waals surface area contributed by atoms with Gasteiger partial charge in [0, 0.05) is 0 Å². The van der Waals surface area contributed by atoms with Crippen LogP contribution in [0.25, 0.3) is 10.7 Å². The molecule has 0 atom stereocenters. The van der Waals surface area contributed by atoms with Crippen molar-refractivity contribution in [2.24, 2.45) is 5.10 Å². The molecule has 0 spiro atoms. The smallest absolute Gasteiger partial charge is 0.216 e. The van der Waals surface area contributed by atoms with Gasteiger partial charge in [0.25, 0.3) is 0 Å². The van der Waals surface area contributed by atoms with E-state index in [1.807, 2.05) is 48.7 Å². The minimum absolute atomic E-state index is 0.464. The summed E-state index contributed by atoms with van der Waals surface area (Å²) in [7, 11) is 0. The summed E-state index contributed by atoms with van der Waals surface area (Å²) in [6.07, 6.45) is 1.75. The monoisotopic (exact) mass is 330 g/mol. The molecule has 0 aliphatic heterocycles. The van der Waals surface area contributed by atoms with Gasteiger partial charge >= 0.3 is 0 Å². The van der Waals surface area contributed by atoms with Gasteiger partial charge in [0.15, 0.2) is 5.82 Å². The lowest BCUT2D eigenvalue weighted by atomic mass is 10.2. The first-order valence-electron chi connectivity index (χ1n) is 6.76. The van der Waals surface area contributed by atoms with E-state index in [2.05, 4.69) is 15.3 Å². The van der Waals surface area contributed by atoms with Crippen molar-refractivity contribution in [3.8, 4) is 16.5 Å². The van der Waals surface area contributed by atoms with E-state index in [4.69, 9.17) is 17.0 Å². The van der Waals surface area contributed by atoms with Crippen LogP contribution in [0.4, 0.5) is 0 Å². The van der Waals surface area contributed by atoms with Crippen LogP contribution in [-0.4, -0.2) is 27.7 Å². The Hall–Kier alpha value is -2.25. The van der Waals surface area contributed by atoms with Crippen LogP contribution in [0.5, 0.6) is 5.75 Å². The molecule has 0 fully saturated rings. The number of hydrogen-bond donors (Lipinski definition) is 1. The van der Waals surface area contributed by atoms with Crippen LogP contribution in [0.15, 0.2) is 46.9 Å². The topological polar surface area (TPSA) is 55.2 Å². The third-order valence-electron chi connectivity index (χ3n) is 2.91. The van der Waals surface area contributed by atoms with Gasteiger partial charge in [-0.05, 0) is 60.4 Å². The summed E-state index contributed by atoms with van der Waals surface area (Å²) >= 11 is 6.83. The van der Waals surface area contributed by atoms with Crippen LogP contribution in [-0.2, 0) is 0 Å². The molecule has 0 saturated heterocycles. The molecule has 3 rings (SSSR count). The molecule has 0 amide bonds. The van der Waals surface area contributed by atoms with Crippen LogP contribution in [0.2, 0.25) is 0 Å². The SMILES string of the molecule is CCOc1ccc(/C=N/n2c(-c3cccs3)n[nH]c2=S)cc1. The fraction of sp³-hybridized carbons (Fsp3) is 0.133. The van der Waals surface area contributed by atoms with Gasteiger partial charge in [-0.15, -0.1) is 11.3 Å². The normalized spacial score (nSPS) is 11.1. The third-order valence-corrected chi connectivity index (χ3v) is 4.04. The summed E-state index contributed by atoms with van der Waals surface area (Å²) in [4.78, 5) is 1.01. The molecule has 1 N–H and O–H groups in total. The Kier molecular flexibility index (Phi) is 4.45. The van der Waals surface area contributed by atoms with Crippen LogP contribution in [0.1, 0.15) is 12.5 Å².